The van der Waals surface area contributed by atoms with Crippen LogP contribution >= 0.6 is 11.3 Å². The first-order chi connectivity index (χ1) is 25.3. The summed E-state index contributed by atoms with van der Waals surface area (Å²) in [6.45, 7) is 0. The zero-order valence-electron chi connectivity index (χ0n) is 27.9. The Balaban J connectivity index is 1.33. The minimum atomic E-state index is 1.22. The molecule has 0 aliphatic rings. The van der Waals surface area contributed by atoms with Crippen molar-refractivity contribution in [1.82, 2.24) is 0 Å². The lowest BCUT2D eigenvalue weighted by Gasteiger charge is -2.21. The van der Waals surface area contributed by atoms with Crippen LogP contribution in [0.5, 0.6) is 0 Å². The first kappa shape index (κ1) is 29.6. The third-order valence-corrected chi connectivity index (χ3v) is 11.4. The largest absolute Gasteiger partial charge is 0.135 e. The van der Waals surface area contributed by atoms with E-state index in [0.717, 1.165) is 0 Å². The van der Waals surface area contributed by atoms with Gasteiger partial charge < -0.3 is 0 Å². The molecule has 1 heterocycles. The average Bonchev–Trinajstić information content (AvgIpc) is 3.59. The van der Waals surface area contributed by atoms with Crippen molar-refractivity contribution < 1.29 is 0 Å². The molecule has 0 nitrogen and oxygen atoms in total. The predicted octanol–water partition coefficient (Wildman–Crippen LogP) is 14.7. The molecule has 0 atom stereocenters. The lowest BCUT2D eigenvalue weighted by molar-refractivity contribution is 1.60. The highest BCUT2D eigenvalue weighted by molar-refractivity contribution is 7.25. The molecule has 0 bridgehead atoms. The van der Waals surface area contributed by atoms with Crippen LogP contribution in [0.25, 0.3) is 97.4 Å². The van der Waals surface area contributed by atoms with E-state index in [0.29, 0.717) is 0 Å². The molecule has 1 heteroatoms. The van der Waals surface area contributed by atoms with E-state index in [4.69, 9.17) is 0 Å². The van der Waals surface area contributed by atoms with E-state index in [-0.39, 0.29) is 0 Å². The maximum atomic E-state index is 2.46. The van der Waals surface area contributed by atoms with Crippen molar-refractivity contribution in [2.45, 2.75) is 0 Å². The van der Waals surface area contributed by atoms with Crippen LogP contribution in [-0.4, -0.2) is 0 Å². The molecule has 9 aromatic carbocycles. The van der Waals surface area contributed by atoms with Gasteiger partial charge >= 0.3 is 0 Å². The zero-order valence-corrected chi connectivity index (χ0v) is 28.7. The summed E-state index contributed by atoms with van der Waals surface area (Å²) in [5, 5.41) is 7.67. The number of rotatable bonds is 5. The van der Waals surface area contributed by atoms with Crippen LogP contribution in [0.1, 0.15) is 0 Å². The Morgan fingerprint density at radius 1 is 0.255 bits per heavy atom. The van der Waals surface area contributed by atoms with Crippen LogP contribution in [0.2, 0.25) is 0 Å². The number of hydrogen-bond donors (Lipinski definition) is 0. The molecule has 0 aliphatic heterocycles. The predicted molar refractivity (Wildman–Crippen MR) is 222 cm³/mol. The molecule has 0 saturated carbocycles. The highest BCUT2D eigenvalue weighted by Crippen LogP contribution is 2.48. The summed E-state index contributed by atoms with van der Waals surface area (Å²) in [6.07, 6.45) is 0. The van der Waals surface area contributed by atoms with Crippen molar-refractivity contribution in [2.24, 2.45) is 0 Å². The van der Waals surface area contributed by atoms with Gasteiger partial charge in [-0.3, -0.25) is 0 Å². The molecule has 10 aromatic rings. The first-order valence-electron chi connectivity index (χ1n) is 17.5. The maximum Gasteiger partial charge on any atom is 0.0361 e. The normalized spacial score (nSPS) is 11.5. The van der Waals surface area contributed by atoms with Crippen LogP contribution < -0.4 is 0 Å². The Kier molecular flexibility index (Phi) is 7.11. The third kappa shape index (κ3) is 4.97. The highest BCUT2D eigenvalue weighted by Gasteiger charge is 2.20. The molecule has 0 amide bonds. The molecule has 0 saturated heterocycles. The summed E-state index contributed by atoms with van der Waals surface area (Å²) in [5.41, 5.74) is 12.4. The van der Waals surface area contributed by atoms with Gasteiger partial charge in [0.15, 0.2) is 0 Å². The molecule has 0 aliphatic carbocycles. The molecule has 0 spiro atoms. The minimum absolute atomic E-state index is 1.22. The summed E-state index contributed by atoms with van der Waals surface area (Å²) in [5.74, 6) is 0. The molecular weight excluding hydrogens is 633 g/mol. The van der Waals surface area contributed by atoms with Gasteiger partial charge in [-0.1, -0.05) is 170 Å². The summed E-state index contributed by atoms with van der Waals surface area (Å²) >= 11 is 1.87. The van der Waals surface area contributed by atoms with E-state index in [2.05, 4.69) is 194 Å². The van der Waals surface area contributed by atoms with Crippen molar-refractivity contribution in [3.63, 3.8) is 0 Å². The average molecular weight is 665 g/mol. The Hall–Kier alpha value is -6.28. The molecule has 1 aromatic heterocycles. The summed E-state index contributed by atoms with van der Waals surface area (Å²) in [6, 6.07) is 71.2. The second kappa shape index (κ2) is 12.2. The fourth-order valence-corrected chi connectivity index (χ4v) is 9.15. The van der Waals surface area contributed by atoms with Crippen LogP contribution in [0.4, 0.5) is 0 Å². The van der Waals surface area contributed by atoms with Crippen LogP contribution in [0.3, 0.4) is 0 Å². The van der Waals surface area contributed by atoms with E-state index in [1.54, 1.807) is 0 Å². The summed E-state index contributed by atoms with van der Waals surface area (Å²) in [4.78, 5) is 0. The van der Waals surface area contributed by atoms with Crippen LogP contribution in [0, 0.1) is 0 Å². The number of hydrogen-bond acceptors (Lipinski definition) is 1. The SMILES string of the molecule is c1ccc(-c2cccc(-c3c4ccccc4c(-c4ccccc4-c4ccccc4)c4ccc(-c5cccc6sc7ccccc7c56)cc34)c2)cc1. The summed E-state index contributed by atoms with van der Waals surface area (Å²) in [7, 11) is 0. The lowest BCUT2D eigenvalue weighted by Crippen LogP contribution is -1.94. The van der Waals surface area contributed by atoms with Crippen LogP contribution in [-0.2, 0) is 0 Å². The monoisotopic (exact) mass is 664 g/mol. The minimum Gasteiger partial charge on any atom is -0.135 e. The zero-order chi connectivity index (χ0) is 33.7. The molecule has 0 fully saturated rings. The van der Waals surface area contributed by atoms with Crippen molar-refractivity contribution >= 4 is 53.1 Å². The van der Waals surface area contributed by atoms with Crippen molar-refractivity contribution in [2.75, 3.05) is 0 Å². The molecule has 238 valence electrons. The van der Waals surface area contributed by atoms with Gasteiger partial charge in [-0.2, -0.15) is 0 Å². The standard InChI is InChI=1S/C50H32S/c1-3-15-33(16-4-1)35-19-13-20-37(31-35)48-41-23-9-10-24-42(41)49(40-22-8-7-21-38(40)34-17-5-2-6-18-34)43-30-29-36(32-45(43)48)39-26-14-28-47-50(39)44-25-11-12-27-46(44)51-47/h1-32H. The van der Waals surface area contributed by atoms with E-state index in [9.17, 15) is 0 Å². The second-order valence-electron chi connectivity index (χ2n) is 13.2. The number of thiophene rings is 1. The van der Waals surface area contributed by atoms with Gasteiger partial charge in [0.1, 0.15) is 0 Å². The first-order valence-corrected chi connectivity index (χ1v) is 18.3. The van der Waals surface area contributed by atoms with Gasteiger partial charge in [0, 0.05) is 20.2 Å². The number of benzene rings is 9. The van der Waals surface area contributed by atoms with Gasteiger partial charge in [-0.25, -0.2) is 0 Å². The van der Waals surface area contributed by atoms with Crippen molar-refractivity contribution in [3.8, 4) is 55.6 Å². The lowest BCUT2D eigenvalue weighted by atomic mass is 9.82. The van der Waals surface area contributed by atoms with Gasteiger partial charge in [0.25, 0.3) is 0 Å². The Morgan fingerprint density at radius 3 is 1.61 bits per heavy atom. The van der Waals surface area contributed by atoms with E-state index < -0.39 is 0 Å². The van der Waals surface area contributed by atoms with Gasteiger partial charge in [0.05, 0.1) is 0 Å². The molecular formula is C50H32S. The highest BCUT2D eigenvalue weighted by atomic mass is 32.1. The number of fused-ring (bicyclic) bond motifs is 5. The fraction of sp³-hybridized carbons (Fsp3) is 0. The van der Waals surface area contributed by atoms with E-state index in [1.165, 1.54) is 97.4 Å². The van der Waals surface area contributed by atoms with Crippen molar-refractivity contribution in [3.05, 3.63) is 194 Å². The Labute approximate surface area is 301 Å². The topological polar surface area (TPSA) is 0 Å². The van der Waals surface area contributed by atoms with Crippen molar-refractivity contribution in [1.29, 1.82) is 0 Å². The quantitative estimate of drug-likeness (QED) is 0.161. The third-order valence-electron chi connectivity index (χ3n) is 10.3. The molecule has 0 N–H and O–H groups in total. The maximum absolute atomic E-state index is 2.46. The van der Waals surface area contributed by atoms with Crippen LogP contribution in [0.15, 0.2) is 194 Å². The molecule has 0 unspecified atom stereocenters. The van der Waals surface area contributed by atoms with E-state index >= 15 is 0 Å². The Bertz CT molecular complexity index is 2900. The van der Waals surface area contributed by atoms with Gasteiger partial charge in [-0.05, 0) is 101 Å². The second-order valence-corrected chi connectivity index (χ2v) is 14.3. The molecule has 10 rings (SSSR count). The fourth-order valence-electron chi connectivity index (χ4n) is 8.02. The van der Waals surface area contributed by atoms with Gasteiger partial charge in [0.2, 0.25) is 0 Å². The smallest absolute Gasteiger partial charge is 0.0361 e. The Morgan fingerprint density at radius 2 is 0.804 bits per heavy atom. The van der Waals surface area contributed by atoms with Gasteiger partial charge in [-0.15, -0.1) is 11.3 Å². The summed E-state index contributed by atoms with van der Waals surface area (Å²) < 4.78 is 2.64. The van der Waals surface area contributed by atoms with E-state index in [1.807, 2.05) is 11.3 Å². The molecule has 0 radical (unpaired) electrons. The molecule has 51 heavy (non-hydrogen) atoms.